The van der Waals surface area contributed by atoms with E-state index in [0.717, 1.165) is 23.3 Å². The molecular weight excluding hydrogens is 602 g/mol. The van der Waals surface area contributed by atoms with Crippen LogP contribution in [0.4, 0.5) is 9.93 Å². The molecule has 0 saturated heterocycles. The fourth-order valence-corrected chi connectivity index (χ4v) is 6.47. The van der Waals surface area contributed by atoms with E-state index in [4.69, 9.17) is 11.6 Å². The Balaban J connectivity index is 1.35. The van der Waals surface area contributed by atoms with Crippen molar-refractivity contribution in [1.29, 1.82) is 0 Å². The molecule has 3 aromatic carbocycles. The van der Waals surface area contributed by atoms with Crippen LogP contribution in [0.25, 0.3) is 11.3 Å². The Kier molecular flexibility index (Phi) is 9.81. The number of carbonyl (C=O) groups is 1. The molecule has 2 aromatic heterocycles. The molecule has 0 spiro atoms. The van der Waals surface area contributed by atoms with Crippen LogP contribution in [-0.2, 0) is 16.3 Å². The highest BCUT2D eigenvalue weighted by atomic mass is 35.5. The third kappa shape index (κ3) is 8.04. The highest BCUT2D eigenvalue weighted by molar-refractivity contribution is 7.90. The van der Waals surface area contributed by atoms with E-state index in [0.29, 0.717) is 46.7 Å². The molecule has 8 nitrogen and oxygen atoms in total. The normalized spacial score (nSPS) is 11.4. The molecule has 0 aliphatic heterocycles. The molecule has 11 heteroatoms. The topological polar surface area (TPSA) is 105 Å². The lowest BCUT2D eigenvalue weighted by molar-refractivity contribution is 0.210. The Morgan fingerprint density at radius 2 is 1.58 bits per heavy atom. The maximum Gasteiger partial charge on any atom is 0.323 e. The number of sulfone groups is 1. The van der Waals surface area contributed by atoms with Crippen molar-refractivity contribution in [1.82, 2.24) is 19.9 Å². The monoisotopic (exact) mass is 631 g/mol. The van der Waals surface area contributed by atoms with E-state index in [1.807, 2.05) is 36.4 Å². The molecule has 0 bridgehead atoms. The van der Waals surface area contributed by atoms with Crippen molar-refractivity contribution < 1.29 is 13.2 Å². The standard InChI is InChI=1S/C32H30ClN5O3S2/c1-43(40,41)27-14-12-25(13-15-27)29-30(33)42-31(36-29)37-32(39)38(20-16-26-22-34-18-19-35-26)21-17-28(23-8-4-2-5-9-23)24-10-6-3-7-11-24/h2-15,18-19,22,28H,16-17,20-21H2,1H3,(H,36,37,39). The number of hydrogen-bond donors (Lipinski definition) is 1. The number of benzene rings is 3. The van der Waals surface area contributed by atoms with Gasteiger partial charge in [0.05, 0.1) is 10.6 Å². The summed E-state index contributed by atoms with van der Waals surface area (Å²) in [6, 6.07) is 26.6. The van der Waals surface area contributed by atoms with Gasteiger partial charge in [0.25, 0.3) is 0 Å². The van der Waals surface area contributed by atoms with E-state index in [2.05, 4.69) is 44.5 Å². The zero-order chi connectivity index (χ0) is 30.2. The number of urea groups is 1. The van der Waals surface area contributed by atoms with Crippen LogP contribution in [0.2, 0.25) is 4.34 Å². The van der Waals surface area contributed by atoms with Crippen molar-refractivity contribution in [2.24, 2.45) is 0 Å². The van der Waals surface area contributed by atoms with Crippen LogP contribution in [0.15, 0.2) is 108 Å². The first kappa shape index (κ1) is 30.3. The minimum absolute atomic E-state index is 0.102. The van der Waals surface area contributed by atoms with Gasteiger partial charge in [-0.15, -0.1) is 0 Å². The first-order chi connectivity index (χ1) is 20.8. The maximum atomic E-state index is 13.7. The van der Waals surface area contributed by atoms with Gasteiger partial charge in [-0.2, -0.15) is 0 Å². The van der Waals surface area contributed by atoms with Gasteiger partial charge in [0.2, 0.25) is 0 Å². The first-order valence-corrected chi connectivity index (χ1v) is 16.7. The number of rotatable bonds is 11. The van der Waals surface area contributed by atoms with E-state index in [1.165, 1.54) is 23.3 Å². The molecule has 1 N–H and O–H groups in total. The summed E-state index contributed by atoms with van der Waals surface area (Å²) >= 11 is 7.66. The van der Waals surface area contributed by atoms with Crippen LogP contribution < -0.4 is 5.32 Å². The molecule has 2 amide bonds. The second-order valence-electron chi connectivity index (χ2n) is 9.96. The van der Waals surface area contributed by atoms with E-state index in [9.17, 15) is 13.2 Å². The summed E-state index contributed by atoms with van der Waals surface area (Å²) in [5, 5.41) is 3.28. The number of halogens is 1. The average Bonchev–Trinajstić information content (AvgIpc) is 3.39. The number of nitrogens with one attached hydrogen (secondary N) is 1. The van der Waals surface area contributed by atoms with Gasteiger partial charge in [0, 0.05) is 55.8 Å². The first-order valence-electron chi connectivity index (χ1n) is 13.7. The van der Waals surface area contributed by atoms with Crippen LogP contribution in [0.5, 0.6) is 0 Å². The lowest BCUT2D eigenvalue weighted by Gasteiger charge is -2.26. The van der Waals surface area contributed by atoms with Crippen LogP contribution in [0.3, 0.4) is 0 Å². The summed E-state index contributed by atoms with van der Waals surface area (Å²) in [7, 11) is -3.33. The van der Waals surface area contributed by atoms with Gasteiger partial charge in [-0.25, -0.2) is 18.2 Å². The molecule has 220 valence electrons. The predicted molar refractivity (Wildman–Crippen MR) is 171 cm³/mol. The number of anilines is 1. The highest BCUT2D eigenvalue weighted by Gasteiger charge is 2.21. The molecule has 5 rings (SSSR count). The number of aromatic nitrogens is 3. The summed E-state index contributed by atoms with van der Waals surface area (Å²) in [5.41, 5.74) is 4.28. The molecule has 0 unspecified atom stereocenters. The fraction of sp³-hybridized carbons (Fsp3) is 0.188. The fourth-order valence-electron chi connectivity index (χ4n) is 4.77. The number of thiazole rings is 1. The second-order valence-corrected chi connectivity index (χ2v) is 13.6. The van der Waals surface area contributed by atoms with Crippen molar-refractivity contribution >= 4 is 43.9 Å². The van der Waals surface area contributed by atoms with Gasteiger partial charge in [0.15, 0.2) is 15.0 Å². The molecule has 0 radical (unpaired) electrons. The van der Waals surface area contributed by atoms with Crippen LogP contribution in [-0.4, -0.2) is 53.6 Å². The molecule has 0 aliphatic carbocycles. The molecular formula is C32H30ClN5O3S2. The van der Waals surface area contributed by atoms with Crippen LogP contribution in [0, 0.1) is 0 Å². The Hall–Kier alpha value is -4.12. The Morgan fingerprint density at radius 1 is 0.930 bits per heavy atom. The number of hydrogen-bond acceptors (Lipinski definition) is 7. The predicted octanol–water partition coefficient (Wildman–Crippen LogP) is 6.96. The van der Waals surface area contributed by atoms with E-state index >= 15 is 0 Å². The third-order valence-electron chi connectivity index (χ3n) is 6.99. The average molecular weight is 632 g/mol. The summed E-state index contributed by atoms with van der Waals surface area (Å²) in [5.74, 6) is 0.102. The van der Waals surface area contributed by atoms with Crippen molar-refractivity contribution in [3.63, 3.8) is 0 Å². The molecule has 0 atom stereocenters. The SMILES string of the molecule is CS(=O)(=O)c1ccc(-c2nc(NC(=O)N(CCc3cnccn3)CCC(c3ccccc3)c3ccccc3)sc2Cl)cc1. The molecule has 43 heavy (non-hydrogen) atoms. The minimum Gasteiger partial charge on any atom is -0.324 e. The second kappa shape index (κ2) is 13.9. The van der Waals surface area contributed by atoms with Gasteiger partial charge in [-0.1, -0.05) is 95.7 Å². The van der Waals surface area contributed by atoms with Gasteiger partial charge >= 0.3 is 6.03 Å². The van der Waals surface area contributed by atoms with Crippen molar-refractivity contribution in [2.75, 3.05) is 24.7 Å². The summed E-state index contributed by atoms with van der Waals surface area (Å²) in [6.45, 7) is 0.916. The largest absolute Gasteiger partial charge is 0.324 e. The van der Waals surface area contributed by atoms with E-state index in [-0.39, 0.29) is 16.8 Å². The Morgan fingerprint density at radius 3 is 2.16 bits per heavy atom. The zero-order valence-corrected chi connectivity index (χ0v) is 25.8. The van der Waals surface area contributed by atoms with Crippen LogP contribution in [0.1, 0.15) is 29.2 Å². The summed E-state index contributed by atoms with van der Waals surface area (Å²) in [6.07, 6.45) is 7.37. The molecule has 5 aromatic rings. The quantitative estimate of drug-likeness (QED) is 0.169. The van der Waals surface area contributed by atoms with E-state index in [1.54, 1.807) is 35.6 Å². The Bertz CT molecular complexity index is 1710. The van der Waals surface area contributed by atoms with Crippen molar-refractivity contribution in [3.8, 4) is 11.3 Å². The number of amides is 2. The number of carbonyl (C=O) groups excluding carboxylic acids is 1. The summed E-state index contributed by atoms with van der Waals surface area (Å²) in [4.78, 5) is 28.7. The zero-order valence-electron chi connectivity index (χ0n) is 23.4. The van der Waals surface area contributed by atoms with Crippen molar-refractivity contribution in [2.45, 2.75) is 23.7 Å². The van der Waals surface area contributed by atoms with Gasteiger partial charge in [-0.05, 0) is 29.7 Å². The lowest BCUT2D eigenvalue weighted by atomic mass is 9.88. The van der Waals surface area contributed by atoms with Gasteiger partial charge in [-0.3, -0.25) is 15.3 Å². The van der Waals surface area contributed by atoms with E-state index < -0.39 is 9.84 Å². The van der Waals surface area contributed by atoms with Gasteiger partial charge < -0.3 is 4.90 Å². The minimum atomic E-state index is -3.33. The Labute approximate surface area is 260 Å². The molecule has 0 aliphatic rings. The maximum absolute atomic E-state index is 13.7. The highest BCUT2D eigenvalue weighted by Crippen LogP contribution is 2.36. The third-order valence-corrected chi connectivity index (χ3v) is 9.29. The lowest BCUT2D eigenvalue weighted by Crippen LogP contribution is -2.38. The molecule has 0 fully saturated rings. The number of nitrogens with zero attached hydrogens (tertiary/aromatic N) is 4. The molecule has 0 saturated carbocycles. The van der Waals surface area contributed by atoms with Crippen LogP contribution >= 0.6 is 22.9 Å². The van der Waals surface area contributed by atoms with Crippen molar-refractivity contribution in [3.05, 3.63) is 125 Å². The summed E-state index contributed by atoms with van der Waals surface area (Å²) < 4.78 is 24.1. The molecule has 2 heterocycles. The smallest absolute Gasteiger partial charge is 0.323 e. The van der Waals surface area contributed by atoms with Gasteiger partial charge in [0.1, 0.15) is 10.0 Å².